The monoisotopic (exact) mass is 427 g/mol. The van der Waals surface area contributed by atoms with E-state index in [1.807, 2.05) is 25.1 Å². The quantitative estimate of drug-likeness (QED) is 0.655. The van der Waals surface area contributed by atoms with Gasteiger partial charge in [0.15, 0.2) is 5.11 Å². The predicted octanol–water partition coefficient (Wildman–Crippen LogP) is 3.82. The van der Waals surface area contributed by atoms with Crippen LogP contribution in [0.15, 0.2) is 48.5 Å². The van der Waals surface area contributed by atoms with E-state index in [1.54, 1.807) is 18.2 Å². The average molecular weight is 428 g/mol. The highest BCUT2D eigenvalue weighted by Crippen LogP contribution is 2.16. The Morgan fingerprint density at radius 2 is 1.93 bits per heavy atom. The molecule has 30 heavy (non-hydrogen) atoms. The van der Waals surface area contributed by atoms with Crippen LogP contribution in [0, 0.1) is 0 Å². The highest BCUT2D eigenvalue weighted by atomic mass is 32.1. The minimum Gasteiger partial charge on any atom is -0.491 e. The minimum atomic E-state index is -0.272. The van der Waals surface area contributed by atoms with Gasteiger partial charge in [-0.05, 0) is 61.5 Å². The lowest BCUT2D eigenvalue weighted by atomic mass is 10.2. The largest absolute Gasteiger partial charge is 0.491 e. The van der Waals surface area contributed by atoms with Crippen molar-refractivity contribution in [2.75, 3.05) is 31.6 Å². The molecule has 0 bridgehead atoms. The van der Waals surface area contributed by atoms with Gasteiger partial charge < -0.3 is 14.8 Å². The third-order valence-corrected chi connectivity index (χ3v) is 5.16. The fraction of sp³-hybridized carbons (Fsp3) is 0.391. The van der Waals surface area contributed by atoms with E-state index >= 15 is 0 Å². The van der Waals surface area contributed by atoms with Gasteiger partial charge in [-0.15, -0.1) is 0 Å². The summed E-state index contributed by atoms with van der Waals surface area (Å²) >= 11 is 5.30. The second-order valence-corrected chi connectivity index (χ2v) is 7.77. The molecule has 0 saturated carbocycles. The van der Waals surface area contributed by atoms with Gasteiger partial charge in [0, 0.05) is 30.9 Å². The van der Waals surface area contributed by atoms with E-state index in [4.69, 9.17) is 21.7 Å². The zero-order chi connectivity index (χ0) is 21.3. The Balaban J connectivity index is 1.51. The lowest BCUT2D eigenvalue weighted by Crippen LogP contribution is -2.35. The van der Waals surface area contributed by atoms with Crippen molar-refractivity contribution in [3.05, 3.63) is 59.7 Å². The average Bonchev–Trinajstić information content (AvgIpc) is 2.76. The molecule has 2 aromatic rings. The Hall–Kier alpha value is -2.48. The molecule has 1 fully saturated rings. The predicted molar refractivity (Wildman–Crippen MR) is 123 cm³/mol. The van der Waals surface area contributed by atoms with Crippen molar-refractivity contribution in [3.63, 3.8) is 0 Å². The number of morpholine rings is 1. The van der Waals surface area contributed by atoms with E-state index in [-0.39, 0.29) is 17.1 Å². The summed E-state index contributed by atoms with van der Waals surface area (Å²) in [6.45, 7) is 8.46. The van der Waals surface area contributed by atoms with Gasteiger partial charge in [0.05, 0.1) is 19.3 Å². The van der Waals surface area contributed by atoms with Crippen LogP contribution in [0.4, 0.5) is 5.69 Å². The molecule has 0 aromatic heterocycles. The third-order valence-electron chi connectivity index (χ3n) is 4.96. The Bertz CT molecular complexity index is 851. The van der Waals surface area contributed by atoms with Crippen LogP contribution in [-0.4, -0.2) is 48.3 Å². The lowest BCUT2D eigenvalue weighted by Gasteiger charge is -2.26. The molecular formula is C23H29N3O3S. The normalized spacial score (nSPS) is 15.3. The summed E-state index contributed by atoms with van der Waals surface area (Å²) in [5, 5.41) is 6.05. The van der Waals surface area contributed by atoms with Crippen molar-refractivity contribution in [1.29, 1.82) is 0 Å². The fourth-order valence-corrected chi connectivity index (χ4v) is 3.29. The number of thiocarbonyl (C=S) groups is 1. The van der Waals surface area contributed by atoms with Crippen LogP contribution in [0.5, 0.6) is 5.75 Å². The molecule has 2 N–H and O–H groups in total. The molecule has 6 nitrogen and oxygen atoms in total. The van der Waals surface area contributed by atoms with Crippen molar-refractivity contribution in [2.24, 2.45) is 0 Å². The molecule has 1 heterocycles. The Kier molecular flexibility index (Phi) is 8.19. The zero-order valence-electron chi connectivity index (χ0n) is 17.5. The topological polar surface area (TPSA) is 62.8 Å². The number of nitrogens with one attached hydrogen (secondary N) is 2. The first kappa shape index (κ1) is 22.2. The van der Waals surface area contributed by atoms with Gasteiger partial charge in [0.25, 0.3) is 5.91 Å². The molecule has 7 heteroatoms. The van der Waals surface area contributed by atoms with E-state index in [9.17, 15) is 4.79 Å². The van der Waals surface area contributed by atoms with E-state index < -0.39 is 0 Å². The van der Waals surface area contributed by atoms with Crippen LogP contribution < -0.4 is 15.4 Å². The molecule has 0 aliphatic carbocycles. The molecule has 1 aliphatic rings. The number of anilines is 1. The molecule has 2 aromatic carbocycles. The minimum absolute atomic E-state index is 0.0947. The van der Waals surface area contributed by atoms with E-state index in [0.29, 0.717) is 11.3 Å². The maximum absolute atomic E-state index is 12.5. The molecule has 1 amide bonds. The molecule has 1 saturated heterocycles. The zero-order valence-corrected chi connectivity index (χ0v) is 18.3. The van der Waals surface area contributed by atoms with Crippen LogP contribution in [0.25, 0.3) is 0 Å². The van der Waals surface area contributed by atoms with Crippen LogP contribution >= 0.6 is 12.2 Å². The molecular weight excluding hydrogens is 398 g/mol. The van der Waals surface area contributed by atoms with Gasteiger partial charge in [0.1, 0.15) is 5.75 Å². The number of ether oxygens (including phenoxy) is 2. The first-order valence-electron chi connectivity index (χ1n) is 10.3. The first-order chi connectivity index (χ1) is 14.5. The SMILES string of the molecule is CC[C@@H](C)Oc1cccc(C(=O)NC(=S)Nc2ccc(CN3CCOCC3)cc2)c1. The van der Waals surface area contributed by atoms with E-state index in [2.05, 4.69) is 34.6 Å². The molecule has 1 aliphatic heterocycles. The lowest BCUT2D eigenvalue weighted by molar-refractivity contribution is 0.0342. The second-order valence-electron chi connectivity index (χ2n) is 7.36. The molecule has 3 rings (SSSR count). The van der Waals surface area contributed by atoms with Gasteiger partial charge in [0.2, 0.25) is 0 Å². The Labute approximate surface area is 183 Å². The van der Waals surface area contributed by atoms with Crippen molar-refractivity contribution in [2.45, 2.75) is 32.9 Å². The highest BCUT2D eigenvalue weighted by Gasteiger charge is 2.12. The number of amides is 1. The summed E-state index contributed by atoms with van der Waals surface area (Å²) in [6, 6.07) is 15.2. The smallest absolute Gasteiger partial charge is 0.257 e. The van der Waals surface area contributed by atoms with Crippen LogP contribution in [0.2, 0.25) is 0 Å². The molecule has 160 valence electrons. The first-order valence-corrected chi connectivity index (χ1v) is 10.7. The standard InChI is InChI=1S/C23H29N3O3S/c1-3-17(2)29-21-6-4-5-19(15-21)22(27)25-23(30)24-20-9-7-18(8-10-20)16-26-11-13-28-14-12-26/h4-10,15,17H,3,11-14,16H2,1-2H3,(H2,24,25,27,30)/t17-/m1/s1. The summed E-state index contributed by atoms with van der Waals surface area (Å²) in [5.41, 5.74) is 2.57. The molecule has 0 spiro atoms. The number of nitrogens with zero attached hydrogens (tertiary/aromatic N) is 1. The Morgan fingerprint density at radius 3 is 2.63 bits per heavy atom. The van der Waals surface area contributed by atoms with Crippen LogP contribution in [0.1, 0.15) is 36.2 Å². The van der Waals surface area contributed by atoms with Gasteiger partial charge in [-0.2, -0.15) is 0 Å². The number of hydrogen-bond acceptors (Lipinski definition) is 5. The van der Waals surface area contributed by atoms with Crippen molar-refractivity contribution >= 4 is 28.9 Å². The van der Waals surface area contributed by atoms with Gasteiger partial charge in [-0.1, -0.05) is 25.1 Å². The summed E-state index contributed by atoms with van der Waals surface area (Å²) in [5.74, 6) is 0.401. The van der Waals surface area contributed by atoms with Crippen LogP contribution in [-0.2, 0) is 11.3 Å². The van der Waals surface area contributed by atoms with E-state index in [1.165, 1.54) is 5.56 Å². The summed E-state index contributed by atoms with van der Waals surface area (Å²) in [6.07, 6.45) is 0.993. The summed E-state index contributed by atoms with van der Waals surface area (Å²) < 4.78 is 11.2. The van der Waals surface area contributed by atoms with Crippen molar-refractivity contribution in [1.82, 2.24) is 10.2 Å². The maximum Gasteiger partial charge on any atom is 0.257 e. The fourth-order valence-electron chi connectivity index (χ4n) is 3.07. The molecule has 0 radical (unpaired) electrons. The second kappa shape index (κ2) is 11.1. The van der Waals surface area contributed by atoms with Crippen LogP contribution in [0.3, 0.4) is 0 Å². The number of carbonyl (C=O) groups is 1. The van der Waals surface area contributed by atoms with Gasteiger partial charge in [-0.3, -0.25) is 15.0 Å². The third kappa shape index (κ3) is 6.79. The maximum atomic E-state index is 12.5. The molecule has 0 unspecified atom stereocenters. The Morgan fingerprint density at radius 1 is 1.20 bits per heavy atom. The molecule has 1 atom stereocenters. The number of rotatable bonds is 7. The number of carbonyl (C=O) groups excluding carboxylic acids is 1. The van der Waals surface area contributed by atoms with Gasteiger partial charge >= 0.3 is 0 Å². The van der Waals surface area contributed by atoms with Crippen molar-refractivity contribution in [3.8, 4) is 5.75 Å². The van der Waals surface area contributed by atoms with Gasteiger partial charge in [-0.25, -0.2) is 0 Å². The number of hydrogen-bond donors (Lipinski definition) is 2. The summed E-state index contributed by atoms with van der Waals surface area (Å²) in [7, 11) is 0. The van der Waals surface area contributed by atoms with Crippen molar-refractivity contribution < 1.29 is 14.3 Å². The van der Waals surface area contributed by atoms with E-state index in [0.717, 1.165) is 45.0 Å². The number of benzene rings is 2. The summed E-state index contributed by atoms with van der Waals surface area (Å²) in [4.78, 5) is 14.9. The highest BCUT2D eigenvalue weighted by molar-refractivity contribution is 7.80.